The van der Waals surface area contributed by atoms with Gasteiger partial charge in [-0.25, -0.2) is 4.79 Å². The topological polar surface area (TPSA) is 103 Å². The number of methoxy groups -OCH3 is 1. The van der Waals surface area contributed by atoms with E-state index in [1.54, 1.807) is 54.5 Å². The molecule has 0 radical (unpaired) electrons. The Morgan fingerprint density at radius 1 is 0.978 bits per heavy atom. The molecule has 0 saturated heterocycles. The van der Waals surface area contributed by atoms with E-state index in [0.29, 0.717) is 41.5 Å². The number of hydrogen-bond donors (Lipinski definition) is 3. The molecule has 0 unspecified atom stereocenters. The molecule has 0 aromatic heterocycles. The first-order valence-electron chi connectivity index (χ1n) is 15.5. The molecule has 0 fully saturated rings. The Bertz CT molecular complexity index is 1610. The van der Waals surface area contributed by atoms with Gasteiger partial charge in [-0.1, -0.05) is 61.5 Å². The van der Waals surface area contributed by atoms with Crippen molar-refractivity contribution in [2.75, 3.05) is 44.5 Å². The summed E-state index contributed by atoms with van der Waals surface area (Å²) in [6.45, 7) is 5.51. The smallest absolute Gasteiger partial charge is 0.323 e. The first-order chi connectivity index (χ1) is 22.2. The summed E-state index contributed by atoms with van der Waals surface area (Å²) in [7, 11) is 3.64. The zero-order chi connectivity index (χ0) is 32.6. The van der Waals surface area contributed by atoms with Crippen LogP contribution in [-0.4, -0.2) is 72.8 Å². The lowest BCUT2D eigenvalue weighted by atomic mass is 9.99. The summed E-state index contributed by atoms with van der Waals surface area (Å²) in [4.78, 5) is 30.5. The third kappa shape index (κ3) is 8.04. The van der Waals surface area contributed by atoms with Crippen molar-refractivity contribution in [3.8, 4) is 22.6 Å². The Morgan fingerprint density at radius 2 is 1.63 bits per heavy atom. The molecule has 4 aromatic rings. The van der Waals surface area contributed by atoms with E-state index in [2.05, 4.69) is 65.9 Å². The van der Waals surface area contributed by atoms with E-state index in [-0.39, 0.29) is 24.5 Å². The molecule has 5 rings (SSSR count). The molecule has 240 valence electrons. The molecule has 0 bridgehead atoms. The third-order valence-corrected chi connectivity index (χ3v) is 8.28. The van der Waals surface area contributed by atoms with Gasteiger partial charge in [-0.3, -0.25) is 9.69 Å². The number of carbonyl (C=O) groups is 2. The highest BCUT2D eigenvalue weighted by atomic mass is 16.5. The van der Waals surface area contributed by atoms with E-state index in [4.69, 9.17) is 9.47 Å². The number of nitrogens with one attached hydrogen (secondary N) is 2. The molecule has 3 atom stereocenters. The Kier molecular flexibility index (Phi) is 10.6. The number of anilines is 2. The van der Waals surface area contributed by atoms with Gasteiger partial charge in [0.1, 0.15) is 17.6 Å². The third-order valence-electron chi connectivity index (χ3n) is 8.28. The number of urea groups is 1. The molecule has 0 spiro atoms. The maximum Gasteiger partial charge on any atom is 0.323 e. The maximum absolute atomic E-state index is 13.8. The summed E-state index contributed by atoms with van der Waals surface area (Å²) in [6, 6.07) is 30.1. The van der Waals surface area contributed by atoms with E-state index in [0.717, 1.165) is 6.54 Å². The van der Waals surface area contributed by atoms with Crippen LogP contribution in [-0.2, 0) is 6.54 Å². The Hall–Kier alpha value is -4.86. The number of nitrogens with zero attached hydrogens (tertiary/aromatic N) is 2. The molecule has 3 amide bonds. The van der Waals surface area contributed by atoms with Gasteiger partial charge < -0.3 is 30.1 Å². The van der Waals surface area contributed by atoms with Crippen molar-refractivity contribution in [1.82, 2.24) is 9.80 Å². The lowest BCUT2D eigenvalue weighted by molar-refractivity contribution is 0.0341. The fraction of sp³-hybridized carbons (Fsp3) is 0.297. The zero-order valence-corrected chi connectivity index (χ0v) is 26.8. The Morgan fingerprint density at radius 3 is 2.30 bits per heavy atom. The van der Waals surface area contributed by atoms with Crippen LogP contribution in [0.3, 0.4) is 0 Å². The lowest BCUT2D eigenvalue weighted by Crippen LogP contribution is -2.49. The molecule has 1 aliphatic heterocycles. The van der Waals surface area contributed by atoms with Gasteiger partial charge in [0.15, 0.2) is 0 Å². The van der Waals surface area contributed by atoms with Crippen molar-refractivity contribution in [2.45, 2.75) is 32.5 Å². The first kappa shape index (κ1) is 32.5. The predicted molar refractivity (Wildman–Crippen MR) is 181 cm³/mol. The van der Waals surface area contributed by atoms with Gasteiger partial charge in [0.25, 0.3) is 5.91 Å². The minimum absolute atomic E-state index is 0.0120. The lowest BCUT2D eigenvalue weighted by Gasteiger charge is -2.38. The molecule has 1 heterocycles. The monoisotopic (exact) mass is 622 g/mol. The van der Waals surface area contributed by atoms with Crippen LogP contribution in [0.2, 0.25) is 0 Å². The van der Waals surface area contributed by atoms with Crippen molar-refractivity contribution in [3.63, 3.8) is 0 Å². The van der Waals surface area contributed by atoms with Crippen LogP contribution in [0.25, 0.3) is 11.1 Å². The van der Waals surface area contributed by atoms with Crippen LogP contribution in [0.15, 0.2) is 97.1 Å². The van der Waals surface area contributed by atoms with E-state index in [1.807, 2.05) is 25.1 Å². The van der Waals surface area contributed by atoms with Crippen molar-refractivity contribution >= 4 is 23.3 Å². The maximum atomic E-state index is 13.8. The van der Waals surface area contributed by atoms with Crippen LogP contribution in [0.4, 0.5) is 16.2 Å². The van der Waals surface area contributed by atoms with E-state index in [1.165, 1.54) is 16.7 Å². The van der Waals surface area contributed by atoms with E-state index >= 15 is 0 Å². The molecular formula is C37H42N4O5. The molecule has 0 aliphatic carbocycles. The minimum atomic E-state index is -0.449. The van der Waals surface area contributed by atoms with Gasteiger partial charge in [-0.05, 0) is 73.1 Å². The van der Waals surface area contributed by atoms with E-state index in [9.17, 15) is 14.7 Å². The highest BCUT2D eigenvalue weighted by Crippen LogP contribution is 2.31. The van der Waals surface area contributed by atoms with Crippen molar-refractivity contribution in [2.24, 2.45) is 5.92 Å². The molecule has 3 N–H and O–H groups in total. The number of fused-ring (bicyclic) bond motifs is 1. The predicted octanol–water partition coefficient (Wildman–Crippen LogP) is 6.36. The molecule has 46 heavy (non-hydrogen) atoms. The highest BCUT2D eigenvalue weighted by molar-refractivity contribution is 6.02. The van der Waals surface area contributed by atoms with Crippen molar-refractivity contribution in [1.29, 1.82) is 0 Å². The van der Waals surface area contributed by atoms with Gasteiger partial charge in [0.05, 0.1) is 25.3 Å². The molecule has 1 aliphatic rings. The fourth-order valence-corrected chi connectivity index (χ4v) is 5.60. The summed E-state index contributed by atoms with van der Waals surface area (Å²) in [6.07, 6.45) is -0.231. The quantitative estimate of drug-likeness (QED) is 0.190. The average Bonchev–Trinajstić information content (AvgIpc) is 3.07. The van der Waals surface area contributed by atoms with Crippen molar-refractivity contribution in [3.05, 3.63) is 108 Å². The minimum Gasteiger partial charge on any atom is -0.497 e. The van der Waals surface area contributed by atoms with Gasteiger partial charge in [0, 0.05) is 36.9 Å². The summed E-state index contributed by atoms with van der Waals surface area (Å²) in [5, 5.41) is 15.6. The zero-order valence-electron chi connectivity index (χ0n) is 26.8. The first-order valence-corrected chi connectivity index (χ1v) is 15.5. The number of benzene rings is 4. The van der Waals surface area contributed by atoms with Crippen LogP contribution in [0, 0.1) is 5.92 Å². The molecule has 0 saturated carbocycles. The second-order valence-corrected chi connectivity index (χ2v) is 11.9. The number of rotatable bonds is 10. The van der Waals surface area contributed by atoms with Crippen LogP contribution < -0.4 is 20.1 Å². The normalized spacial score (nSPS) is 16.9. The van der Waals surface area contributed by atoms with Crippen LogP contribution >= 0.6 is 0 Å². The number of carbonyl (C=O) groups excluding carboxylic acids is 2. The molecule has 4 aromatic carbocycles. The fourth-order valence-electron chi connectivity index (χ4n) is 5.60. The van der Waals surface area contributed by atoms with Gasteiger partial charge in [0.2, 0.25) is 0 Å². The van der Waals surface area contributed by atoms with Crippen molar-refractivity contribution < 1.29 is 24.2 Å². The van der Waals surface area contributed by atoms with Crippen LogP contribution in [0.5, 0.6) is 11.5 Å². The number of amides is 3. The average molecular weight is 623 g/mol. The summed E-state index contributed by atoms with van der Waals surface area (Å²) < 4.78 is 11.7. The number of ether oxygens (including phenoxy) is 2. The highest BCUT2D eigenvalue weighted by Gasteiger charge is 2.33. The summed E-state index contributed by atoms with van der Waals surface area (Å²) in [5.74, 6) is 0.859. The Labute approximate surface area is 270 Å². The van der Waals surface area contributed by atoms with Gasteiger partial charge in [-0.15, -0.1) is 0 Å². The largest absolute Gasteiger partial charge is 0.497 e. The number of hydrogen-bond acceptors (Lipinski definition) is 6. The second kappa shape index (κ2) is 14.9. The van der Waals surface area contributed by atoms with Gasteiger partial charge in [-0.2, -0.15) is 0 Å². The number of aliphatic hydroxyl groups excluding tert-OH is 1. The van der Waals surface area contributed by atoms with Gasteiger partial charge >= 0.3 is 6.03 Å². The summed E-state index contributed by atoms with van der Waals surface area (Å²) in [5.41, 5.74) is 4.93. The number of likely N-dealkylation sites (N-methyl/N-ethyl adjacent to an activating group) is 1. The standard InChI is InChI=1S/C37H42N4O5/c1-25-21-41(26(2)24-42)36(43)33-20-31(39-37(44)38-30-14-17-32(45-4)18-15-30)16-19-34(33)46-35(25)23-40(3)22-27-10-12-29(13-11-27)28-8-6-5-7-9-28/h5-20,25-26,35,42H,21-24H2,1-4H3,(H2,38,39,44)/t25-,26-,35-/m0/s1. The van der Waals surface area contributed by atoms with Crippen LogP contribution in [0.1, 0.15) is 29.8 Å². The SMILES string of the molecule is COc1ccc(NC(=O)Nc2ccc3c(c2)C(=O)N([C@@H](C)CO)C[C@H](C)[C@H](CN(C)Cc2ccc(-c4ccccc4)cc2)O3)cc1. The summed E-state index contributed by atoms with van der Waals surface area (Å²) >= 11 is 0. The number of aliphatic hydroxyl groups is 1. The molecule has 9 heteroatoms. The Balaban J connectivity index is 1.31. The second-order valence-electron chi connectivity index (χ2n) is 11.9. The molecule has 9 nitrogen and oxygen atoms in total. The van der Waals surface area contributed by atoms with E-state index < -0.39 is 12.1 Å². The molecular weight excluding hydrogens is 580 g/mol.